The minimum atomic E-state index is -0.576. The van der Waals surface area contributed by atoms with Gasteiger partial charge in [-0.1, -0.05) is 0 Å². The summed E-state index contributed by atoms with van der Waals surface area (Å²) in [5.41, 5.74) is 0.109. The van der Waals surface area contributed by atoms with E-state index in [1.54, 1.807) is 13.0 Å². The van der Waals surface area contributed by atoms with Crippen LogP contribution in [0.1, 0.15) is 18.3 Å². The first-order valence-corrected chi connectivity index (χ1v) is 3.73. The van der Waals surface area contributed by atoms with E-state index in [9.17, 15) is 10.1 Å². The van der Waals surface area contributed by atoms with Gasteiger partial charge in [0.15, 0.2) is 0 Å². The second-order valence-corrected chi connectivity index (χ2v) is 2.47. The number of rotatable bonds is 2. The van der Waals surface area contributed by atoms with Crippen LogP contribution in [0.5, 0.6) is 0 Å². The standard InChI is InChI=1S/C7H8N4O2/c1-3-10-6(4-8)7(11(12)13)5(2)9-10/h3H2,1-2H3. The Kier molecular flexibility index (Phi) is 2.28. The van der Waals surface area contributed by atoms with Crippen LogP contribution in [0.3, 0.4) is 0 Å². The molecule has 0 atom stereocenters. The van der Waals surface area contributed by atoms with Gasteiger partial charge in [0, 0.05) is 6.54 Å². The number of nitrogens with zero attached hydrogens (tertiary/aromatic N) is 4. The van der Waals surface area contributed by atoms with Gasteiger partial charge in [-0.25, -0.2) is 4.68 Å². The summed E-state index contributed by atoms with van der Waals surface area (Å²) < 4.78 is 1.33. The van der Waals surface area contributed by atoms with Crippen LogP contribution in [0.15, 0.2) is 0 Å². The van der Waals surface area contributed by atoms with Gasteiger partial charge in [0.05, 0.1) is 4.92 Å². The van der Waals surface area contributed by atoms with Crippen LogP contribution in [-0.2, 0) is 6.54 Å². The van der Waals surface area contributed by atoms with E-state index >= 15 is 0 Å². The number of hydrogen-bond donors (Lipinski definition) is 0. The maximum absolute atomic E-state index is 10.5. The van der Waals surface area contributed by atoms with Gasteiger partial charge in [0.2, 0.25) is 5.69 Å². The topological polar surface area (TPSA) is 84.8 Å². The van der Waals surface area contributed by atoms with E-state index in [2.05, 4.69) is 5.10 Å². The highest BCUT2D eigenvalue weighted by Gasteiger charge is 2.24. The SMILES string of the molecule is CCn1nc(C)c([N+](=O)[O-])c1C#N. The molecule has 0 aliphatic carbocycles. The van der Waals surface area contributed by atoms with Gasteiger partial charge in [0.25, 0.3) is 0 Å². The van der Waals surface area contributed by atoms with Gasteiger partial charge in [-0.3, -0.25) is 10.1 Å². The lowest BCUT2D eigenvalue weighted by Crippen LogP contribution is -2.00. The van der Waals surface area contributed by atoms with Crippen LogP contribution in [0.25, 0.3) is 0 Å². The maximum atomic E-state index is 10.5. The zero-order valence-electron chi connectivity index (χ0n) is 7.31. The molecule has 0 radical (unpaired) electrons. The molecule has 0 N–H and O–H groups in total. The molecule has 0 bridgehead atoms. The largest absolute Gasteiger partial charge is 0.327 e. The van der Waals surface area contributed by atoms with Crippen molar-refractivity contribution in [1.82, 2.24) is 9.78 Å². The Morgan fingerprint density at radius 1 is 1.77 bits per heavy atom. The predicted molar refractivity (Wildman–Crippen MR) is 44.0 cm³/mol. The summed E-state index contributed by atoms with van der Waals surface area (Å²) in [4.78, 5) is 9.96. The molecule has 0 saturated carbocycles. The van der Waals surface area contributed by atoms with Crippen LogP contribution in [0, 0.1) is 28.4 Å². The number of aromatic nitrogens is 2. The normalized spacial score (nSPS) is 9.62. The Balaban J connectivity index is 3.42. The summed E-state index contributed by atoms with van der Waals surface area (Å²) >= 11 is 0. The number of hydrogen-bond acceptors (Lipinski definition) is 4. The van der Waals surface area contributed by atoms with Gasteiger partial charge < -0.3 is 0 Å². The molecule has 0 aliphatic heterocycles. The highest BCUT2D eigenvalue weighted by atomic mass is 16.6. The molecule has 13 heavy (non-hydrogen) atoms. The van der Waals surface area contributed by atoms with Gasteiger partial charge in [-0.05, 0) is 13.8 Å². The molecule has 0 spiro atoms. The van der Waals surface area contributed by atoms with Crippen molar-refractivity contribution < 1.29 is 4.92 Å². The Morgan fingerprint density at radius 3 is 2.77 bits per heavy atom. The summed E-state index contributed by atoms with van der Waals surface area (Å²) in [6.07, 6.45) is 0. The van der Waals surface area contributed by atoms with Gasteiger partial charge in [-0.2, -0.15) is 10.4 Å². The quantitative estimate of drug-likeness (QED) is 0.501. The van der Waals surface area contributed by atoms with E-state index in [-0.39, 0.29) is 17.1 Å². The van der Waals surface area contributed by atoms with E-state index in [4.69, 9.17) is 5.26 Å². The van der Waals surface area contributed by atoms with E-state index in [0.29, 0.717) is 6.54 Å². The van der Waals surface area contributed by atoms with Crippen LogP contribution in [0.4, 0.5) is 5.69 Å². The first-order valence-electron chi connectivity index (χ1n) is 3.73. The molecule has 0 unspecified atom stereocenters. The highest BCUT2D eigenvalue weighted by Crippen LogP contribution is 2.21. The molecule has 1 aromatic rings. The fraction of sp³-hybridized carbons (Fsp3) is 0.429. The molecule has 0 saturated heterocycles. The molecule has 0 amide bonds. The summed E-state index contributed by atoms with van der Waals surface area (Å²) in [5, 5.41) is 23.1. The molecule has 0 aliphatic rings. The van der Waals surface area contributed by atoms with Crippen LogP contribution in [-0.4, -0.2) is 14.7 Å². The molecular formula is C7H8N4O2. The average Bonchev–Trinajstić information content (AvgIpc) is 2.41. The Labute approximate surface area is 74.5 Å². The van der Waals surface area contributed by atoms with Crippen molar-refractivity contribution in [1.29, 1.82) is 5.26 Å². The van der Waals surface area contributed by atoms with E-state index in [0.717, 1.165) is 0 Å². The lowest BCUT2D eigenvalue weighted by molar-refractivity contribution is -0.385. The van der Waals surface area contributed by atoms with Crippen molar-refractivity contribution in [2.24, 2.45) is 0 Å². The number of nitriles is 1. The first-order chi connectivity index (χ1) is 6.11. The van der Waals surface area contributed by atoms with Gasteiger partial charge >= 0.3 is 5.69 Å². The maximum Gasteiger partial charge on any atom is 0.327 e. The summed E-state index contributed by atoms with van der Waals surface area (Å²) in [7, 11) is 0. The third-order valence-corrected chi connectivity index (χ3v) is 1.68. The molecule has 0 fully saturated rings. The second kappa shape index (κ2) is 3.23. The van der Waals surface area contributed by atoms with Crippen molar-refractivity contribution >= 4 is 5.69 Å². The fourth-order valence-electron chi connectivity index (χ4n) is 1.13. The van der Waals surface area contributed by atoms with Crippen LogP contribution < -0.4 is 0 Å². The minimum absolute atomic E-state index is 0.0185. The Morgan fingerprint density at radius 2 is 2.38 bits per heavy atom. The minimum Gasteiger partial charge on any atom is -0.258 e. The van der Waals surface area contributed by atoms with E-state index < -0.39 is 4.92 Å². The monoisotopic (exact) mass is 180 g/mol. The fourth-order valence-corrected chi connectivity index (χ4v) is 1.13. The molecule has 0 aromatic carbocycles. The van der Waals surface area contributed by atoms with Crippen molar-refractivity contribution in [2.75, 3.05) is 0 Å². The molecule has 6 nitrogen and oxygen atoms in total. The molecule has 6 heteroatoms. The zero-order chi connectivity index (χ0) is 10.0. The zero-order valence-corrected chi connectivity index (χ0v) is 7.31. The molecular weight excluding hydrogens is 172 g/mol. The molecule has 1 aromatic heterocycles. The number of aryl methyl sites for hydroxylation is 2. The van der Waals surface area contributed by atoms with Crippen molar-refractivity contribution in [3.05, 3.63) is 21.5 Å². The van der Waals surface area contributed by atoms with Crippen molar-refractivity contribution in [2.45, 2.75) is 20.4 Å². The third-order valence-electron chi connectivity index (χ3n) is 1.68. The Hall–Kier alpha value is -1.90. The smallest absolute Gasteiger partial charge is 0.258 e. The summed E-state index contributed by atoms with van der Waals surface area (Å²) in [6, 6.07) is 1.78. The summed E-state index contributed by atoms with van der Waals surface area (Å²) in [6.45, 7) is 3.75. The van der Waals surface area contributed by atoms with E-state index in [1.807, 2.05) is 0 Å². The predicted octanol–water partition coefficient (Wildman–Crippen LogP) is 0.991. The van der Waals surface area contributed by atoms with Crippen LogP contribution in [0.2, 0.25) is 0 Å². The van der Waals surface area contributed by atoms with Crippen molar-refractivity contribution in [3.8, 4) is 6.07 Å². The first kappa shape index (κ1) is 9.19. The second-order valence-electron chi connectivity index (χ2n) is 2.47. The molecule has 1 rings (SSSR count). The third kappa shape index (κ3) is 1.36. The Bertz CT molecular complexity index is 388. The highest BCUT2D eigenvalue weighted by molar-refractivity contribution is 5.47. The number of nitro groups is 1. The lowest BCUT2D eigenvalue weighted by atomic mass is 10.3. The molecule has 68 valence electrons. The summed E-state index contributed by atoms with van der Waals surface area (Å²) in [5.74, 6) is 0. The van der Waals surface area contributed by atoms with Crippen LogP contribution >= 0.6 is 0 Å². The van der Waals surface area contributed by atoms with Crippen molar-refractivity contribution in [3.63, 3.8) is 0 Å². The van der Waals surface area contributed by atoms with E-state index in [1.165, 1.54) is 11.6 Å². The lowest BCUT2D eigenvalue weighted by Gasteiger charge is -1.93. The average molecular weight is 180 g/mol. The van der Waals surface area contributed by atoms with Gasteiger partial charge in [0.1, 0.15) is 11.8 Å². The van der Waals surface area contributed by atoms with Gasteiger partial charge in [-0.15, -0.1) is 0 Å². The molecule has 1 heterocycles.